The molecule has 5 heteroatoms. The van der Waals surface area contributed by atoms with Gasteiger partial charge in [-0.15, -0.1) is 11.3 Å². The van der Waals surface area contributed by atoms with Gasteiger partial charge in [0.2, 0.25) is 5.91 Å². The highest BCUT2D eigenvalue weighted by atomic mass is 32.1. The van der Waals surface area contributed by atoms with Crippen molar-refractivity contribution in [2.24, 2.45) is 0 Å². The van der Waals surface area contributed by atoms with Crippen LogP contribution in [0.3, 0.4) is 0 Å². The van der Waals surface area contributed by atoms with E-state index in [4.69, 9.17) is 4.74 Å². The molecule has 0 radical (unpaired) electrons. The summed E-state index contributed by atoms with van der Waals surface area (Å²) >= 11 is 1.42. The highest BCUT2D eigenvalue weighted by molar-refractivity contribution is 7.12. The van der Waals surface area contributed by atoms with Crippen LogP contribution in [-0.4, -0.2) is 42.9 Å². The first-order valence-electron chi connectivity index (χ1n) is 6.08. The van der Waals surface area contributed by atoms with Gasteiger partial charge in [-0.2, -0.15) is 0 Å². The molecule has 1 atom stereocenters. The molecule has 1 aromatic rings. The molecule has 0 N–H and O–H groups in total. The molecular formula is C13H17NO3S. The molecule has 2 heterocycles. The van der Waals surface area contributed by atoms with Crippen LogP contribution in [0.15, 0.2) is 17.5 Å². The zero-order valence-electron chi connectivity index (χ0n) is 10.4. The van der Waals surface area contributed by atoms with Crippen molar-refractivity contribution in [3.05, 3.63) is 22.4 Å². The third-order valence-electron chi connectivity index (χ3n) is 3.19. The number of methoxy groups -OCH3 is 1. The van der Waals surface area contributed by atoms with Crippen molar-refractivity contribution in [2.75, 3.05) is 20.2 Å². The summed E-state index contributed by atoms with van der Waals surface area (Å²) in [6.45, 7) is 1.40. The van der Waals surface area contributed by atoms with E-state index in [-0.39, 0.29) is 17.8 Å². The number of likely N-dealkylation sites (tertiary alicyclic amines) is 1. The summed E-state index contributed by atoms with van der Waals surface area (Å²) in [6.07, 6.45) is 1.64. The second kappa shape index (κ2) is 6.11. The molecule has 1 aromatic heterocycles. The van der Waals surface area contributed by atoms with Gasteiger partial charge in [0.25, 0.3) is 0 Å². The van der Waals surface area contributed by atoms with E-state index in [0.29, 0.717) is 19.4 Å². The minimum atomic E-state index is 0.0551. The van der Waals surface area contributed by atoms with Gasteiger partial charge < -0.3 is 9.64 Å². The number of nitrogens with zero attached hydrogens (tertiary/aromatic N) is 1. The van der Waals surface area contributed by atoms with Gasteiger partial charge in [-0.25, -0.2) is 0 Å². The Labute approximate surface area is 111 Å². The molecule has 0 spiro atoms. The van der Waals surface area contributed by atoms with Gasteiger partial charge in [0.05, 0.1) is 11.0 Å². The van der Waals surface area contributed by atoms with E-state index in [1.54, 1.807) is 18.1 Å². The fraction of sp³-hybridized carbons (Fsp3) is 0.538. The van der Waals surface area contributed by atoms with E-state index in [1.165, 1.54) is 11.3 Å². The Morgan fingerprint density at radius 2 is 2.33 bits per heavy atom. The molecule has 18 heavy (non-hydrogen) atoms. The molecule has 4 nitrogen and oxygen atoms in total. The number of rotatable bonds is 5. The van der Waals surface area contributed by atoms with E-state index in [2.05, 4.69) is 0 Å². The van der Waals surface area contributed by atoms with Gasteiger partial charge in [-0.1, -0.05) is 6.07 Å². The molecule has 2 rings (SSSR count). The van der Waals surface area contributed by atoms with Gasteiger partial charge in [0.15, 0.2) is 5.78 Å². The predicted molar refractivity (Wildman–Crippen MR) is 69.9 cm³/mol. The summed E-state index contributed by atoms with van der Waals surface area (Å²) in [5.74, 6) is 0.111. The van der Waals surface area contributed by atoms with E-state index >= 15 is 0 Å². The second-order valence-electron chi connectivity index (χ2n) is 4.39. The van der Waals surface area contributed by atoms with Gasteiger partial charge in [-0.3, -0.25) is 9.59 Å². The average molecular weight is 267 g/mol. The summed E-state index contributed by atoms with van der Waals surface area (Å²) < 4.78 is 5.22. The van der Waals surface area contributed by atoms with Crippen LogP contribution in [0.25, 0.3) is 0 Å². The smallest absolute Gasteiger partial charge is 0.223 e. The molecule has 1 saturated heterocycles. The molecule has 0 aliphatic carbocycles. The maximum atomic E-state index is 11.9. The van der Waals surface area contributed by atoms with Crippen LogP contribution in [0.4, 0.5) is 0 Å². The number of ketones is 1. The standard InChI is InChI=1S/C13H17NO3S/c1-17-10-6-7-14(9-10)13(16)5-4-11(15)12-3-2-8-18-12/h2-3,8,10H,4-7,9H2,1H3. The predicted octanol–water partition coefficient (Wildman–Crippen LogP) is 1.96. The molecule has 1 fully saturated rings. The maximum Gasteiger partial charge on any atom is 0.223 e. The number of carbonyl (C=O) groups excluding carboxylic acids is 2. The van der Waals surface area contributed by atoms with E-state index < -0.39 is 0 Å². The lowest BCUT2D eigenvalue weighted by atomic mass is 10.2. The fourth-order valence-electron chi connectivity index (χ4n) is 2.09. The molecule has 0 bridgehead atoms. The molecule has 0 aromatic carbocycles. The number of thiophene rings is 1. The fourth-order valence-corrected chi connectivity index (χ4v) is 2.78. The lowest BCUT2D eigenvalue weighted by Crippen LogP contribution is -2.30. The largest absolute Gasteiger partial charge is 0.380 e. The first-order chi connectivity index (χ1) is 8.70. The summed E-state index contributed by atoms with van der Waals surface area (Å²) in [5, 5.41) is 1.87. The number of amides is 1. The van der Waals surface area contributed by atoms with Crippen LogP contribution in [0.2, 0.25) is 0 Å². The third-order valence-corrected chi connectivity index (χ3v) is 4.10. The number of hydrogen-bond acceptors (Lipinski definition) is 4. The topological polar surface area (TPSA) is 46.6 Å². The highest BCUT2D eigenvalue weighted by Gasteiger charge is 2.26. The molecule has 1 unspecified atom stereocenters. The Morgan fingerprint density at radius 3 is 2.94 bits per heavy atom. The zero-order chi connectivity index (χ0) is 13.0. The van der Waals surface area contributed by atoms with E-state index in [9.17, 15) is 9.59 Å². The highest BCUT2D eigenvalue weighted by Crippen LogP contribution is 2.16. The Morgan fingerprint density at radius 1 is 1.50 bits per heavy atom. The van der Waals surface area contributed by atoms with Crippen molar-refractivity contribution in [3.63, 3.8) is 0 Å². The van der Waals surface area contributed by atoms with Crippen molar-refractivity contribution in [1.29, 1.82) is 0 Å². The summed E-state index contributed by atoms with van der Waals surface area (Å²) in [4.78, 5) is 26.2. The quantitative estimate of drug-likeness (QED) is 0.766. The molecule has 0 saturated carbocycles. The third kappa shape index (κ3) is 3.17. The Kier molecular flexibility index (Phi) is 4.49. The van der Waals surface area contributed by atoms with Gasteiger partial charge >= 0.3 is 0 Å². The molecule has 1 aliphatic heterocycles. The number of Topliss-reactive ketones (excluding diaryl/α,β-unsaturated/α-hetero) is 1. The molecule has 98 valence electrons. The van der Waals surface area contributed by atoms with Crippen molar-refractivity contribution in [1.82, 2.24) is 4.90 Å². The monoisotopic (exact) mass is 267 g/mol. The SMILES string of the molecule is COC1CCN(C(=O)CCC(=O)c2cccs2)C1. The first-order valence-corrected chi connectivity index (χ1v) is 6.96. The number of hydrogen-bond donors (Lipinski definition) is 0. The zero-order valence-corrected chi connectivity index (χ0v) is 11.2. The Bertz CT molecular complexity index is 416. The number of carbonyl (C=O) groups is 2. The van der Waals surface area contributed by atoms with Crippen LogP contribution in [0, 0.1) is 0 Å². The van der Waals surface area contributed by atoms with Crippen molar-refractivity contribution < 1.29 is 14.3 Å². The summed E-state index contributed by atoms with van der Waals surface area (Å²) in [6, 6.07) is 3.65. The van der Waals surface area contributed by atoms with Crippen LogP contribution < -0.4 is 0 Å². The van der Waals surface area contributed by atoms with Crippen molar-refractivity contribution in [3.8, 4) is 0 Å². The lowest BCUT2D eigenvalue weighted by Gasteiger charge is -2.15. The molecular weight excluding hydrogens is 250 g/mol. The first kappa shape index (κ1) is 13.2. The van der Waals surface area contributed by atoms with Gasteiger partial charge in [-0.05, 0) is 17.9 Å². The normalized spacial score (nSPS) is 19.2. The molecule has 1 amide bonds. The Balaban J connectivity index is 1.77. The van der Waals surface area contributed by atoms with Gasteiger partial charge in [0, 0.05) is 33.0 Å². The van der Waals surface area contributed by atoms with E-state index in [1.807, 2.05) is 11.4 Å². The van der Waals surface area contributed by atoms with Crippen LogP contribution in [0.1, 0.15) is 28.9 Å². The van der Waals surface area contributed by atoms with Crippen LogP contribution in [0.5, 0.6) is 0 Å². The summed E-state index contributed by atoms with van der Waals surface area (Å²) in [7, 11) is 1.67. The van der Waals surface area contributed by atoms with Crippen molar-refractivity contribution in [2.45, 2.75) is 25.4 Å². The maximum absolute atomic E-state index is 11.9. The number of ether oxygens (including phenoxy) is 1. The van der Waals surface area contributed by atoms with Crippen molar-refractivity contribution >= 4 is 23.0 Å². The van der Waals surface area contributed by atoms with Gasteiger partial charge in [0.1, 0.15) is 0 Å². The van der Waals surface area contributed by atoms with Crippen LogP contribution >= 0.6 is 11.3 Å². The second-order valence-corrected chi connectivity index (χ2v) is 5.33. The Hall–Kier alpha value is -1.20. The minimum Gasteiger partial charge on any atom is -0.380 e. The average Bonchev–Trinajstić information content (AvgIpc) is 3.05. The van der Waals surface area contributed by atoms with Crippen LogP contribution in [-0.2, 0) is 9.53 Å². The molecule has 1 aliphatic rings. The summed E-state index contributed by atoms with van der Waals surface area (Å²) in [5.41, 5.74) is 0. The lowest BCUT2D eigenvalue weighted by molar-refractivity contribution is -0.130. The minimum absolute atomic E-state index is 0.0551. The van der Waals surface area contributed by atoms with E-state index in [0.717, 1.165) is 17.8 Å².